The molecule has 4 rings (SSSR count). The van der Waals surface area contributed by atoms with Crippen molar-refractivity contribution in [1.29, 1.82) is 0 Å². The molecule has 2 heterocycles. The SMILES string of the molecule is O=C(NCc1ccc(S(=O)(=O)c2ccccc2Cl)cc1)C1Cc2cnccc2N1. The van der Waals surface area contributed by atoms with Gasteiger partial charge in [0.15, 0.2) is 0 Å². The zero-order valence-corrected chi connectivity index (χ0v) is 16.9. The van der Waals surface area contributed by atoms with Crippen LogP contribution in [0.4, 0.5) is 5.69 Å². The molecule has 2 aromatic carbocycles. The van der Waals surface area contributed by atoms with Crippen LogP contribution in [0.2, 0.25) is 5.02 Å². The van der Waals surface area contributed by atoms with Gasteiger partial charge in [0.1, 0.15) is 6.04 Å². The predicted molar refractivity (Wildman–Crippen MR) is 111 cm³/mol. The van der Waals surface area contributed by atoms with E-state index < -0.39 is 9.84 Å². The number of rotatable bonds is 5. The lowest BCUT2D eigenvalue weighted by Gasteiger charge is -2.12. The predicted octanol–water partition coefficient (Wildman–Crippen LogP) is 3.22. The molecule has 0 bridgehead atoms. The van der Waals surface area contributed by atoms with Gasteiger partial charge in [0.05, 0.1) is 14.8 Å². The summed E-state index contributed by atoms with van der Waals surface area (Å²) in [5.41, 5.74) is 2.74. The number of aromatic nitrogens is 1. The number of pyridine rings is 1. The van der Waals surface area contributed by atoms with Crippen LogP contribution in [0, 0.1) is 0 Å². The van der Waals surface area contributed by atoms with Crippen LogP contribution in [-0.4, -0.2) is 25.4 Å². The first-order chi connectivity index (χ1) is 13.9. The van der Waals surface area contributed by atoms with E-state index in [1.807, 2.05) is 6.07 Å². The number of hydrogen-bond acceptors (Lipinski definition) is 5. The van der Waals surface area contributed by atoms with E-state index in [1.165, 1.54) is 18.2 Å². The highest BCUT2D eigenvalue weighted by Gasteiger charge is 2.26. The highest BCUT2D eigenvalue weighted by Crippen LogP contribution is 2.27. The van der Waals surface area contributed by atoms with Gasteiger partial charge in [-0.15, -0.1) is 0 Å². The van der Waals surface area contributed by atoms with Gasteiger partial charge >= 0.3 is 0 Å². The summed E-state index contributed by atoms with van der Waals surface area (Å²) in [6.45, 7) is 0.304. The Hall–Kier alpha value is -2.90. The maximum atomic E-state index is 12.7. The second kappa shape index (κ2) is 7.85. The maximum absolute atomic E-state index is 12.7. The zero-order valence-electron chi connectivity index (χ0n) is 15.3. The summed E-state index contributed by atoms with van der Waals surface area (Å²) in [6, 6.07) is 14.3. The van der Waals surface area contributed by atoms with E-state index in [0.717, 1.165) is 16.8 Å². The third-order valence-corrected chi connectivity index (χ3v) is 7.07. The van der Waals surface area contributed by atoms with Crippen LogP contribution in [0.3, 0.4) is 0 Å². The lowest BCUT2D eigenvalue weighted by atomic mass is 10.1. The van der Waals surface area contributed by atoms with Crippen molar-refractivity contribution in [2.45, 2.75) is 28.8 Å². The molecule has 1 amide bonds. The number of amides is 1. The Morgan fingerprint density at radius 3 is 2.62 bits per heavy atom. The first-order valence-electron chi connectivity index (χ1n) is 9.01. The number of hydrogen-bond donors (Lipinski definition) is 2. The minimum atomic E-state index is -3.70. The van der Waals surface area contributed by atoms with Crippen LogP contribution in [0.15, 0.2) is 76.8 Å². The maximum Gasteiger partial charge on any atom is 0.243 e. The molecule has 8 heteroatoms. The van der Waals surface area contributed by atoms with E-state index in [2.05, 4.69) is 15.6 Å². The molecule has 0 saturated heterocycles. The Morgan fingerprint density at radius 1 is 1.14 bits per heavy atom. The molecule has 0 spiro atoms. The topological polar surface area (TPSA) is 88.2 Å². The number of carbonyl (C=O) groups excluding carboxylic acids is 1. The number of benzene rings is 2. The van der Waals surface area contributed by atoms with Gasteiger partial charge in [0, 0.05) is 31.0 Å². The third-order valence-electron chi connectivity index (χ3n) is 4.80. The summed E-state index contributed by atoms with van der Waals surface area (Å²) in [6.07, 6.45) is 4.03. The Labute approximate surface area is 173 Å². The molecule has 1 unspecified atom stereocenters. The molecule has 1 aliphatic rings. The summed E-state index contributed by atoms with van der Waals surface area (Å²) in [5.74, 6) is -0.117. The Morgan fingerprint density at radius 2 is 1.90 bits per heavy atom. The molecule has 148 valence electrons. The van der Waals surface area contributed by atoms with E-state index in [4.69, 9.17) is 11.6 Å². The number of halogens is 1. The fourth-order valence-electron chi connectivity index (χ4n) is 3.24. The summed E-state index contributed by atoms with van der Waals surface area (Å²) < 4.78 is 25.5. The number of fused-ring (bicyclic) bond motifs is 1. The number of nitrogens with one attached hydrogen (secondary N) is 2. The molecular formula is C21H18ClN3O3S. The van der Waals surface area contributed by atoms with Gasteiger partial charge in [-0.1, -0.05) is 35.9 Å². The van der Waals surface area contributed by atoms with Gasteiger partial charge in [-0.2, -0.15) is 0 Å². The van der Waals surface area contributed by atoms with Crippen LogP contribution in [0.5, 0.6) is 0 Å². The lowest BCUT2D eigenvalue weighted by molar-refractivity contribution is -0.121. The normalized spacial score (nSPS) is 15.4. The van der Waals surface area contributed by atoms with Crippen LogP contribution in [-0.2, 0) is 27.6 Å². The van der Waals surface area contributed by atoms with Crippen molar-refractivity contribution < 1.29 is 13.2 Å². The van der Waals surface area contributed by atoms with E-state index >= 15 is 0 Å². The van der Waals surface area contributed by atoms with Gasteiger partial charge in [-0.05, 0) is 41.5 Å². The van der Waals surface area contributed by atoms with E-state index in [0.29, 0.717) is 13.0 Å². The molecule has 2 N–H and O–H groups in total. The van der Waals surface area contributed by atoms with Crippen molar-refractivity contribution in [3.05, 3.63) is 83.1 Å². The van der Waals surface area contributed by atoms with Crippen molar-refractivity contribution in [1.82, 2.24) is 10.3 Å². The zero-order chi connectivity index (χ0) is 20.4. The summed E-state index contributed by atoms with van der Waals surface area (Å²) in [5, 5.41) is 6.25. The minimum Gasteiger partial charge on any atom is -0.373 e. The van der Waals surface area contributed by atoms with Crippen LogP contribution >= 0.6 is 11.6 Å². The van der Waals surface area contributed by atoms with Crippen LogP contribution in [0.1, 0.15) is 11.1 Å². The molecular weight excluding hydrogens is 410 g/mol. The number of anilines is 1. The molecule has 1 aromatic heterocycles. The molecule has 3 aromatic rings. The smallest absolute Gasteiger partial charge is 0.243 e. The number of nitrogens with zero attached hydrogens (tertiary/aromatic N) is 1. The molecule has 0 radical (unpaired) electrons. The number of carbonyl (C=O) groups is 1. The van der Waals surface area contributed by atoms with Crippen LogP contribution in [0.25, 0.3) is 0 Å². The highest BCUT2D eigenvalue weighted by molar-refractivity contribution is 7.91. The minimum absolute atomic E-state index is 0.0732. The van der Waals surface area contributed by atoms with E-state index in [1.54, 1.807) is 42.7 Å². The van der Waals surface area contributed by atoms with E-state index in [-0.39, 0.29) is 26.8 Å². The molecule has 0 saturated carbocycles. The first kappa shape index (κ1) is 19.4. The van der Waals surface area contributed by atoms with Crippen molar-refractivity contribution in [2.75, 3.05) is 5.32 Å². The van der Waals surface area contributed by atoms with Crippen molar-refractivity contribution >= 4 is 33.0 Å². The van der Waals surface area contributed by atoms with Gasteiger partial charge in [-0.25, -0.2) is 8.42 Å². The summed E-state index contributed by atoms with van der Waals surface area (Å²) in [7, 11) is -3.70. The largest absolute Gasteiger partial charge is 0.373 e. The average molecular weight is 428 g/mol. The van der Waals surface area contributed by atoms with E-state index in [9.17, 15) is 13.2 Å². The number of sulfone groups is 1. The van der Waals surface area contributed by atoms with Crippen LogP contribution < -0.4 is 10.6 Å². The lowest BCUT2D eigenvalue weighted by Crippen LogP contribution is -2.38. The molecule has 1 atom stereocenters. The highest BCUT2D eigenvalue weighted by atomic mass is 35.5. The summed E-state index contributed by atoms with van der Waals surface area (Å²) >= 11 is 6.03. The average Bonchev–Trinajstić information content (AvgIpc) is 3.17. The van der Waals surface area contributed by atoms with Gasteiger partial charge in [0.25, 0.3) is 0 Å². The van der Waals surface area contributed by atoms with Crippen molar-refractivity contribution in [3.63, 3.8) is 0 Å². The third kappa shape index (κ3) is 3.97. The quantitative estimate of drug-likeness (QED) is 0.652. The molecule has 0 aliphatic carbocycles. The van der Waals surface area contributed by atoms with Gasteiger partial charge in [0.2, 0.25) is 15.7 Å². The standard InChI is InChI=1S/C21H18ClN3O3S/c22-17-3-1-2-4-20(17)29(27,28)16-7-5-14(6-8-16)12-24-21(26)19-11-15-13-23-10-9-18(15)25-19/h1-10,13,19,25H,11-12H2,(H,24,26). The Balaban J connectivity index is 1.40. The van der Waals surface area contributed by atoms with Crippen molar-refractivity contribution in [3.8, 4) is 0 Å². The van der Waals surface area contributed by atoms with Gasteiger partial charge < -0.3 is 10.6 Å². The Bertz CT molecular complexity index is 1140. The van der Waals surface area contributed by atoms with Gasteiger partial charge in [-0.3, -0.25) is 9.78 Å². The second-order valence-corrected chi connectivity index (χ2v) is 9.05. The summed E-state index contributed by atoms with van der Waals surface area (Å²) in [4.78, 5) is 16.7. The molecule has 0 fully saturated rings. The Kier molecular flexibility index (Phi) is 5.25. The fraction of sp³-hybridized carbons (Fsp3) is 0.143. The molecule has 1 aliphatic heterocycles. The molecule has 29 heavy (non-hydrogen) atoms. The monoisotopic (exact) mass is 427 g/mol. The first-order valence-corrected chi connectivity index (χ1v) is 10.9. The molecule has 6 nitrogen and oxygen atoms in total. The van der Waals surface area contributed by atoms with Crippen molar-refractivity contribution in [2.24, 2.45) is 0 Å². The fourth-order valence-corrected chi connectivity index (χ4v) is 5.01. The second-order valence-electron chi connectivity index (χ2n) is 6.73.